The van der Waals surface area contributed by atoms with Gasteiger partial charge in [0.1, 0.15) is 10.7 Å². The van der Waals surface area contributed by atoms with E-state index in [-0.39, 0.29) is 4.90 Å². The summed E-state index contributed by atoms with van der Waals surface area (Å²) in [5.41, 5.74) is 6.60. The van der Waals surface area contributed by atoms with Gasteiger partial charge in [-0.2, -0.15) is 0 Å². The van der Waals surface area contributed by atoms with E-state index >= 15 is 0 Å². The summed E-state index contributed by atoms with van der Waals surface area (Å²) in [4.78, 5) is 4.94. The molecule has 0 saturated carbocycles. The Morgan fingerprint density at radius 3 is 2.79 bits per heavy atom. The van der Waals surface area contributed by atoms with Crippen molar-refractivity contribution in [1.82, 2.24) is 9.71 Å². The zero-order chi connectivity index (χ0) is 13.9. The smallest absolute Gasteiger partial charge is 0.242 e. The largest absolute Gasteiger partial charge is 0.384 e. The Morgan fingerprint density at radius 2 is 2.16 bits per heavy atom. The molecule has 0 saturated heterocycles. The van der Waals surface area contributed by atoms with Gasteiger partial charge in [0.2, 0.25) is 10.0 Å². The maximum absolute atomic E-state index is 12.1. The standard InChI is InChI=1S/C12H15N3O2S2/c1-2-9-5-6-18-11(9)8-15-19(16,17)10-3-4-12(13)14-7-10/h3-7,15H,2,8H2,1H3,(H2,13,14). The lowest BCUT2D eigenvalue weighted by molar-refractivity contribution is 0.581. The Balaban J connectivity index is 2.12. The summed E-state index contributed by atoms with van der Waals surface area (Å²) < 4.78 is 26.7. The number of hydrogen-bond acceptors (Lipinski definition) is 5. The molecule has 0 atom stereocenters. The second kappa shape index (κ2) is 5.68. The minimum atomic E-state index is -3.54. The van der Waals surface area contributed by atoms with Crippen molar-refractivity contribution < 1.29 is 8.42 Å². The minimum absolute atomic E-state index is 0.122. The fourth-order valence-corrected chi connectivity index (χ4v) is 3.58. The van der Waals surface area contributed by atoms with E-state index in [4.69, 9.17) is 5.73 Å². The van der Waals surface area contributed by atoms with Gasteiger partial charge in [-0.05, 0) is 35.6 Å². The zero-order valence-corrected chi connectivity index (χ0v) is 12.1. The van der Waals surface area contributed by atoms with Crippen molar-refractivity contribution in [2.75, 3.05) is 5.73 Å². The van der Waals surface area contributed by atoms with Crippen LogP contribution in [0.1, 0.15) is 17.4 Å². The monoisotopic (exact) mass is 297 g/mol. The molecule has 0 amide bonds. The van der Waals surface area contributed by atoms with Crippen molar-refractivity contribution in [3.05, 3.63) is 40.2 Å². The first-order chi connectivity index (χ1) is 9.03. The average Bonchev–Trinajstić information content (AvgIpc) is 2.84. The molecule has 0 aliphatic rings. The number of nitrogens with two attached hydrogens (primary N) is 1. The maximum Gasteiger partial charge on any atom is 0.242 e. The number of nitrogens with one attached hydrogen (secondary N) is 1. The van der Waals surface area contributed by atoms with E-state index in [0.717, 1.165) is 11.3 Å². The Bertz CT molecular complexity index is 648. The number of aromatic nitrogens is 1. The second-order valence-corrected chi connectivity index (χ2v) is 6.73. The molecule has 7 heteroatoms. The third kappa shape index (κ3) is 3.31. The lowest BCUT2D eigenvalue weighted by atomic mass is 10.2. The van der Waals surface area contributed by atoms with Crippen LogP contribution >= 0.6 is 11.3 Å². The van der Waals surface area contributed by atoms with Crippen LogP contribution in [0.2, 0.25) is 0 Å². The first kappa shape index (κ1) is 14.0. The number of hydrogen-bond donors (Lipinski definition) is 2. The lowest BCUT2D eigenvalue weighted by Gasteiger charge is -2.06. The predicted octanol–water partition coefficient (Wildman–Crippen LogP) is 1.77. The van der Waals surface area contributed by atoms with Crippen molar-refractivity contribution in [1.29, 1.82) is 0 Å². The summed E-state index contributed by atoms with van der Waals surface area (Å²) in [6.45, 7) is 2.34. The van der Waals surface area contributed by atoms with Crippen molar-refractivity contribution in [3.63, 3.8) is 0 Å². The highest BCUT2D eigenvalue weighted by atomic mass is 32.2. The summed E-state index contributed by atoms with van der Waals surface area (Å²) >= 11 is 1.55. The molecular weight excluding hydrogens is 282 g/mol. The Kier molecular flexibility index (Phi) is 4.18. The normalized spacial score (nSPS) is 11.6. The zero-order valence-electron chi connectivity index (χ0n) is 10.5. The summed E-state index contributed by atoms with van der Waals surface area (Å²) in [5.74, 6) is 0.297. The van der Waals surface area contributed by atoms with Crippen molar-refractivity contribution >= 4 is 27.2 Å². The Morgan fingerprint density at radius 1 is 1.37 bits per heavy atom. The third-order valence-electron chi connectivity index (χ3n) is 2.71. The van der Waals surface area contributed by atoms with E-state index in [9.17, 15) is 8.42 Å². The van der Waals surface area contributed by atoms with Gasteiger partial charge in [0.15, 0.2) is 0 Å². The predicted molar refractivity (Wildman–Crippen MR) is 76.4 cm³/mol. The third-order valence-corrected chi connectivity index (χ3v) is 5.06. The van der Waals surface area contributed by atoms with Crippen LogP contribution in [0.5, 0.6) is 0 Å². The fourth-order valence-electron chi connectivity index (χ4n) is 1.63. The highest BCUT2D eigenvalue weighted by Crippen LogP contribution is 2.18. The summed E-state index contributed by atoms with van der Waals surface area (Å²) in [6, 6.07) is 4.93. The van der Waals surface area contributed by atoms with Gasteiger partial charge in [0.25, 0.3) is 0 Å². The van der Waals surface area contributed by atoms with Gasteiger partial charge >= 0.3 is 0 Å². The number of anilines is 1. The summed E-state index contributed by atoms with van der Waals surface area (Å²) in [7, 11) is -3.54. The van der Waals surface area contributed by atoms with E-state index in [0.29, 0.717) is 12.4 Å². The Labute approximate surface area is 116 Å². The van der Waals surface area contributed by atoms with Gasteiger partial charge in [-0.15, -0.1) is 11.3 Å². The number of rotatable bonds is 5. The molecule has 2 heterocycles. The van der Waals surface area contributed by atoms with Crippen LogP contribution in [-0.2, 0) is 23.0 Å². The first-order valence-electron chi connectivity index (χ1n) is 5.79. The molecule has 0 aromatic carbocycles. The number of sulfonamides is 1. The van der Waals surface area contributed by atoms with Gasteiger partial charge in [0, 0.05) is 17.6 Å². The highest BCUT2D eigenvalue weighted by molar-refractivity contribution is 7.89. The van der Waals surface area contributed by atoms with Gasteiger partial charge < -0.3 is 5.73 Å². The topological polar surface area (TPSA) is 85.1 Å². The molecule has 0 fully saturated rings. The van der Waals surface area contributed by atoms with Crippen LogP contribution in [0, 0.1) is 0 Å². The number of pyridine rings is 1. The van der Waals surface area contributed by atoms with E-state index in [2.05, 4.69) is 9.71 Å². The second-order valence-electron chi connectivity index (χ2n) is 3.97. The van der Waals surface area contributed by atoms with Crippen molar-refractivity contribution in [2.45, 2.75) is 24.8 Å². The van der Waals surface area contributed by atoms with Crippen LogP contribution < -0.4 is 10.5 Å². The lowest BCUT2D eigenvalue weighted by Crippen LogP contribution is -2.23. The van der Waals surface area contributed by atoms with Gasteiger partial charge in [-0.3, -0.25) is 0 Å². The molecule has 2 rings (SSSR count). The molecule has 2 aromatic rings. The van der Waals surface area contributed by atoms with Crippen LogP contribution in [-0.4, -0.2) is 13.4 Å². The first-order valence-corrected chi connectivity index (χ1v) is 8.15. The molecule has 19 heavy (non-hydrogen) atoms. The molecule has 0 unspecified atom stereocenters. The van der Waals surface area contributed by atoms with Crippen molar-refractivity contribution in [2.24, 2.45) is 0 Å². The maximum atomic E-state index is 12.1. The fraction of sp³-hybridized carbons (Fsp3) is 0.250. The SMILES string of the molecule is CCc1ccsc1CNS(=O)(=O)c1ccc(N)nc1. The number of nitrogen functional groups attached to an aromatic ring is 1. The van der Waals surface area contributed by atoms with Gasteiger partial charge in [-0.25, -0.2) is 18.1 Å². The van der Waals surface area contributed by atoms with Gasteiger partial charge in [0.05, 0.1) is 0 Å². The minimum Gasteiger partial charge on any atom is -0.384 e. The van der Waals surface area contributed by atoms with Crippen LogP contribution in [0.4, 0.5) is 5.82 Å². The molecule has 102 valence electrons. The quantitative estimate of drug-likeness (QED) is 0.880. The molecular formula is C12H15N3O2S2. The molecule has 0 aliphatic carbocycles. The molecule has 0 bridgehead atoms. The van der Waals surface area contributed by atoms with Crippen LogP contribution in [0.15, 0.2) is 34.7 Å². The summed E-state index contributed by atoms with van der Waals surface area (Å²) in [6.07, 6.45) is 2.15. The van der Waals surface area contributed by atoms with Crippen LogP contribution in [0.25, 0.3) is 0 Å². The van der Waals surface area contributed by atoms with E-state index in [1.54, 1.807) is 11.3 Å². The van der Waals surface area contributed by atoms with Gasteiger partial charge in [-0.1, -0.05) is 6.92 Å². The molecule has 2 aromatic heterocycles. The number of nitrogens with zero attached hydrogens (tertiary/aromatic N) is 1. The number of thiophene rings is 1. The molecule has 0 spiro atoms. The van der Waals surface area contributed by atoms with E-state index in [1.165, 1.54) is 23.9 Å². The molecule has 0 aliphatic heterocycles. The Hall–Kier alpha value is -1.44. The average molecular weight is 297 g/mol. The highest BCUT2D eigenvalue weighted by Gasteiger charge is 2.15. The molecule has 5 nitrogen and oxygen atoms in total. The van der Waals surface area contributed by atoms with E-state index < -0.39 is 10.0 Å². The van der Waals surface area contributed by atoms with E-state index in [1.807, 2.05) is 18.4 Å². The molecule has 0 radical (unpaired) electrons. The van der Waals surface area contributed by atoms with Crippen molar-refractivity contribution in [3.8, 4) is 0 Å². The number of aryl methyl sites for hydroxylation is 1. The molecule has 3 N–H and O–H groups in total. The summed E-state index contributed by atoms with van der Waals surface area (Å²) in [5, 5.41) is 1.97. The van der Waals surface area contributed by atoms with Crippen LogP contribution in [0.3, 0.4) is 0 Å².